The van der Waals surface area contributed by atoms with Crippen molar-refractivity contribution in [1.82, 2.24) is 34.3 Å². The molecular formula is C54H47F9N8O7. The molecule has 6 unspecified atom stereocenters. The number of pyridine rings is 1. The van der Waals surface area contributed by atoms with Gasteiger partial charge in [-0.15, -0.1) is 0 Å². The predicted octanol–water partition coefficient (Wildman–Crippen LogP) is 9.44. The highest BCUT2D eigenvalue weighted by molar-refractivity contribution is 6.05. The molecular weight excluding hydrogens is 1040 g/mol. The molecule has 0 spiro atoms. The molecule has 2 N–H and O–H groups in total. The fourth-order valence-corrected chi connectivity index (χ4v) is 11.4. The molecule has 0 aliphatic heterocycles. The van der Waals surface area contributed by atoms with E-state index in [1.165, 1.54) is 25.3 Å². The molecule has 0 radical (unpaired) electrons. The first-order valence-corrected chi connectivity index (χ1v) is 25.0. The fourth-order valence-electron chi connectivity index (χ4n) is 11.4. The Morgan fingerprint density at radius 2 is 1.28 bits per heavy atom. The molecule has 2 aromatic carbocycles. The first-order chi connectivity index (χ1) is 37.1. The summed E-state index contributed by atoms with van der Waals surface area (Å²) >= 11 is 0. The molecule has 6 aliphatic carbocycles. The van der Waals surface area contributed by atoms with E-state index >= 15 is 0 Å². The normalized spacial score (nSPS) is 20.7. The van der Waals surface area contributed by atoms with E-state index in [0.717, 1.165) is 50.8 Å². The second-order valence-electron chi connectivity index (χ2n) is 20.3. The zero-order valence-corrected chi connectivity index (χ0v) is 41.5. The van der Waals surface area contributed by atoms with Crippen LogP contribution < -0.4 is 5.73 Å². The van der Waals surface area contributed by atoms with E-state index in [2.05, 4.69) is 20.3 Å². The molecule has 6 aromatic rings. The standard InChI is InChI=1S/C31H23F5N4O3.C12H14F2N2O2.C11H10F2N2O2/c32-17-7-14(8-18(33)11-17)6-16(26-20(2-1-5-38-26)15-3-4-24(34)23(10-15)31(37)43)9-19(41)13-40-28(30(35)36)25-21-12-22(21)29(42)27(25)39-40;1-2-18-9(17)5-16-11(12(13)14)10-7-3-6(7)4-8(10)15-16;1-4(16)3-15-9(11(12)13)7-5-2-6(5)10(17)8(7)14-15/h1-5,7-8,10-11,16,21-22,30H,6,9,12-13H2,(H2,37,43);6-7,12H,2-5H2,1H3;5-6,11H,2-3H2,1H3/t16-,21?,22?;;/m1../s1. The van der Waals surface area contributed by atoms with Crippen molar-refractivity contribution < 1.29 is 73.0 Å². The van der Waals surface area contributed by atoms with Crippen molar-refractivity contribution in [2.45, 2.75) is 115 Å². The lowest BCUT2D eigenvalue weighted by atomic mass is 9.86. The van der Waals surface area contributed by atoms with Crippen molar-refractivity contribution in [2.75, 3.05) is 6.61 Å². The molecule has 0 bridgehead atoms. The van der Waals surface area contributed by atoms with Crippen LogP contribution >= 0.6 is 0 Å². The van der Waals surface area contributed by atoms with Crippen molar-refractivity contribution in [3.63, 3.8) is 0 Å². The molecule has 12 rings (SSSR count). The van der Waals surface area contributed by atoms with Crippen LogP contribution in [0.15, 0.2) is 54.7 Å². The van der Waals surface area contributed by atoms with Gasteiger partial charge in [-0.25, -0.2) is 39.5 Å². The zero-order chi connectivity index (χ0) is 55.8. The summed E-state index contributed by atoms with van der Waals surface area (Å²) in [6, 6.07) is 9.81. The van der Waals surface area contributed by atoms with Crippen molar-refractivity contribution in [3.8, 4) is 11.1 Å². The number of hydrogen-bond acceptors (Lipinski definition) is 11. The summed E-state index contributed by atoms with van der Waals surface area (Å²) in [4.78, 5) is 76.2. The fraction of sp³-hybridized carbons (Fsp3) is 0.407. The summed E-state index contributed by atoms with van der Waals surface area (Å²) in [5.41, 5.74) is 7.58. The lowest BCUT2D eigenvalue weighted by Gasteiger charge is -2.20. The second kappa shape index (κ2) is 20.9. The lowest BCUT2D eigenvalue weighted by Crippen LogP contribution is -2.19. The van der Waals surface area contributed by atoms with Crippen LogP contribution in [0.3, 0.4) is 0 Å². The minimum absolute atomic E-state index is 0.0234. The van der Waals surface area contributed by atoms with Gasteiger partial charge in [0.25, 0.3) is 25.2 Å². The molecule has 1 amide bonds. The number of carbonyl (C=O) groups is 6. The summed E-state index contributed by atoms with van der Waals surface area (Å²) in [7, 11) is 0. The number of amides is 1. The van der Waals surface area contributed by atoms with E-state index in [1.54, 1.807) is 19.1 Å². The van der Waals surface area contributed by atoms with Gasteiger partial charge in [0.2, 0.25) is 0 Å². The second-order valence-corrected chi connectivity index (χ2v) is 20.3. The monoisotopic (exact) mass is 1090 g/mol. The number of halogens is 9. The van der Waals surface area contributed by atoms with Gasteiger partial charge in [-0.3, -0.25) is 47.8 Å². The maximum atomic E-state index is 14.2. The maximum absolute atomic E-state index is 14.2. The van der Waals surface area contributed by atoms with Crippen LogP contribution in [0.25, 0.3) is 11.1 Å². The number of ether oxygens (including phenoxy) is 1. The number of fused-ring (bicyclic) bond motifs is 9. The van der Waals surface area contributed by atoms with Crippen molar-refractivity contribution in [3.05, 3.63) is 140 Å². The van der Waals surface area contributed by atoms with Crippen molar-refractivity contribution in [2.24, 2.45) is 23.5 Å². The smallest absolute Gasteiger partial charge is 0.327 e. The lowest BCUT2D eigenvalue weighted by molar-refractivity contribution is -0.144. The Labute approximate surface area is 437 Å². The molecule has 0 saturated heterocycles. The Balaban J connectivity index is 0.000000159. The van der Waals surface area contributed by atoms with Crippen LogP contribution in [0, 0.1) is 35.2 Å². The van der Waals surface area contributed by atoms with Crippen LogP contribution in [0.5, 0.6) is 0 Å². The van der Waals surface area contributed by atoms with E-state index in [9.17, 15) is 68.3 Å². The first-order valence-electron chi connectivity index (χ1n) is 25.0. The summed E-state index contributed by atoms with van der Waals surface area (Å²) in [6.45, 7) is 2.26. The van der Waals surface area contributed by atoms with Crippen molar-refractivity contribution in [1.29, 1.82) is 0 Å². The van der Waals surface area contributed by atoms with Crippen LogP contribution in [-0.2, 0) is 51.6 Å². The highest BCUT2D eigenvalue weighted by Crippen LogP contribution is 2.60. The third-order valence-electron chi connectivity index (χ3n) is 14.9. The number of nitrogens with two attached hydrogens (primary N) is 1. The number of benzene rings is 2. The van der Waals surface area contributed by atoms with Gasteiger partial charge in [-0.1, -0.05) is 12.1 Å². The van der Waals surface area contributed by atoms with E-state index in [4.69, 9.17) is 10.5 Å². The number of aromatic nitrogens is 7. The number of ketones is 4. The summed E-state index contributed by atoms with van der Waals surface area (Å²) in [5, 5.41) is 12.1. The van der Waals surface area contributed by atoms with E-state index < -0.39 is 72.5 Å². The number of nitrogens with zero attached hydrogens (tertiary/aromatic N) is 7. The summed E-state index contributed by atoms with van der Waals surface area (Å²) in [6.07, 6.45) is -4.29. The van der Waals surface area contributed by atoms with Crippen LogP contribution in [-0.4, -0.2) is 75.9 Å². The third-order valence-corrected chi connectivity index (χ3v) is 14.9. The zero-order valence-electron chi connectivity index (χ0n) is 41.5. The topological polar surface area (TPSA) is 204 Å². The molecule has 408 valence electrons. The molecule has 3 saturated carbocycles. The molecule has 4 heterocycles. The quantitative estimate of drug-likeness (QED) is 0.0673. The molecule has 15 nitrogen and oxygen atoms in total. The Bertz CT molecular complexity index is 3440. The summed E-state index contributed by atoms with van der Waals surface area (Å²) in [5.74, 6) is -6.16. The van der Waals surface area contributed by atoms with E-state index in [-0.39, 0.29) is 125 Å². The number of primary amides is 1. The Hall–Kier alpha value is -7.79. The summed E-state index contributed by atoms with van der Waals surface area (Å²) < 4.78 is 131. The third kappa shape index (κ3) is 10.3. The largest absolute Gasteiger partial charge is 0.465 e. The highest BCUT2D eigenvalue weighted by atomic mass is 19.3. The van der Waals surface area contributed by atoms with E-state index in [1.807, 2.05) is 0 Å². The average Bonchev–Trinajstić information content (AvgIpc) is 4.42. The predicted molar refractivity (Wildman–Crippen MR) is 254 cm³/mol. The van der Waals surface area contributed by atoms with Crippen LogP contribution in [0.1, 0.15) is 165 Å². The van der Waals surface area contributed by atoms with Crippen LogP contribution in [0.2, 0.25) is 0 Å². The van der Waals surface area contributed by atoms with Gasteiger partial charge in [0.1, 0.15) is 59.0 Å². The maximum Gasteiger partial charge on any atom is 0.327 e. The molecule has 3 fully saturated rings. The van der Waals surface area contributed by atoms with Gasteiger partial charge in [0, 0.05) is 58.7 Å². The minimum Gasteiger partial charge on any atom is -0.465 e. The van der Waals surface area contributed by atoms with Gasteiger partial charge in [0.15, 0.2) is 23.1 Å². The number of Topliss-reactive ketones (excluding diaryl/α,β-unsaturated/α-hetero) is 4. The Kier molecular flexibility index (Phi) is 14.3. The van der Waals surface area contributed by atoms with E-state index in [0.29, 0.717) is 47.1 Å². The minimum atomic E-state index is -2.96. The number of carbonyl (C=O) groups excluding carboxylic acids is 6. The molecule has 24 heteroatoms. The average molecular weight is 1090 g/mol. The van der Waals surface area contributed by atoms with Gasteiger partial charge < -0.3 is 10.5 Å². The highest BCUT2D eigenvalue weighted by Gasteiger charge is 2.57. The molecule has 7 atom stereocenters. The van der Waals surface area contributed by atoms with Gasteiger partial charge in [-0.05, 0) is 111 Å². The SMILES string of the molecule is CC(=O)Cn1nc2c(c1C(F)F)C1CC1C2=O.CCOC(=O)Cn1nc2c(c1C(F)F)C1CC1C2.NC(=O)c1cc(-c2cccnc2[C@@H](CC(=O)Cn2nc3c(c2C(F)F)C2CC2C3=O)Cc2cc(F)cc(F)c2)ccc1F. The van der Waals surface area contributed by atoms with Gasteiger partial charge >= 0.3 is 5.97 Å². The number of rotatable bonds is 17. The molecule has 78 heavy (non-hydrogen) atoms. The first kappa shape index (κ1) is 53.6. The number of alkyl halides is 6. The van der Waals surface area contributed by atoms with Crippen LogP contribution in [0.4, 0.5) is 39.5 Å². The Morgan fingerprint density at radius 1 is 0.705 bits per heavy atom. The Morgan fingerprint density at radius 3 is 1.85 bits per heavy atom. The molecule has 4 aromatic heterocycles. The number of hydrogen-bond donors (Lipinski definition) is 1. The van der Waals surface area contributed by atoms with Crippen molar-refractivity contribution >= 4 is 35.0 Å². The van der Waals surface area contributed by atoms with Gasteiger partial charge in [-0.2, -0.15) is 15.3 Å². The van der Waals surface area contributed by atoms with Gasteiger partial charge in [0.05, 0.1) is 30.1 Å². The number of esters is 1. The molecule has 6 aliphatic rings.